The molecule has 422 valence electrons. The Morgan fingerprint density at radius 1 is 0.734 bits per heavy atom. The molecule has 0 saturated carbocycles. The fourth-order valence-corrected chi connectivity index (χ4v) is 13.8. The summed E-state index contributed by atoms with van der Waals surface area (Å²) in [5, 5.41) is 24.8. The summed E-state index contributed by atoms with van der Waals surface area (Å²) in [6, 6.07) is 34.0. The molecule has 4 heterocycles. The minimum Gasteiger partial charge on any atom is -0.390 e. The van der Waals surface area contributed by atoms with E-state index in [0.717, 1.165) is 56.5 Å². The highest BCUT2D eigenvalue weighted by Crippen LogP contribution is 2.42. The number of nitrogens with zero attached hydrogens (tertiary/aromatic N) is 5. The number of aliphatic hydroxyl groups is 2. The van der Waals surface area contributed by atoms with Crippen LogP contribution in [0.2, 0.25) is 5.02 Å². The number of hydrogen-bond acceptors (Lipinski definition) is 12. The van der Waals surface area contributed by atoms with Gasteiger partial charge in [-0.25, -0.2) is 16.8 Å². The minimum atomic E-state index is -6.04. The monoisotopic (exact) mass is 1160 g/mol. The number of carbonyl (C=O) groups is 1. The van der Waals surface area contributed by atoms with Crippen LogP contribution in [0.1, 0.15) is 62.0 Å². The first-order chi connectivity index (χ1) is 37.4. The van der Waals surface area contributed by atoms with Gasteiger partial charge in [0.05, 0.1) is 33.0 Å². The molecule has 3 saturated heterocycles. The zero-order valence-electron chi connectivity index (χ0n) is 44.6. The number of anilines is 4. The van der Waals surface area contributed by atoms with E-state index in [-0.39, 0.29) is 17.3 Å². The van der Waals surface area contributed by atoms with Gasteiger partial charge < -0.3 is 39.7 Å². The number of carbonyl (C=O) groups excluding carboxylic acids is 1. The molecule has 3 aliphatic rings. The number of sulfonamides is 1. The summed E-state index contributed by atoms with van der Waals surface area (Å²) in [5.74, 6) is 0.279. The highest BCUT2D eigenvalue weighted by molar-refractivity contribution is 7.99. The summed E-state index contributed by atoms with van der Waals surface area (Å²) in [6.45, 7) is 10.7. The van der Waals surface area contributed by atoms with Crippen molar-refractivity contribution in [1.82, 2.24) is 14.4 Å². The van der Waals surface area contributed by atoms with Gasteiger partial charge in [-0.3, -0.25) is 9.52 Å². The number of halogens is 4. The van der Waals surface area contributed by atoms with E-state index in [9.17, 15) is 45.0 Å². The van der Waals surface area contributed by atoms with E-state index < -0.39 is 52.4 Å². The second-order valence-corrected chi connectivity index (χ2v) is 26.5. The molecule has 1 atom stereocenters. The van der Waals surface area contributed by atoms with Crippen LogP contribution in [0.25, 0.3) is 22.4 Å². The number of sulfone groups is 1. The van der Waals surface area contributed by atoms with Gasteiger partial charge in [0.25, 0.3) is 25.8 Å². The molecule has 21 heteroatoms. The molecule has 9 rings (SSSR count). The Balaban J connectivity index is 0.895. The fraction of sp³-hybridized carbons (Fsp3) is 0.397. The highest BCUT2D eigenvalue weighted by Gasteiger charge is 2.48. The van der Waals surface area contributed by atoms with E-state index in [1.165, 1.54) is 11.8 Å². The van der Waals surface area contributed by atoms with E-state index in [4.69, 9.17) is 11.6 Å². The van der Waals surface area contributed by atoms with Crippen LogP contribution in [0.4, 0.5) is 35.9 Å². The Morgan fingerprint density at radius 3 is 1.96 bits per heavy atom. The zero-order chi connectivity index (χ0) is 56.5. The lowest BCUT2D eigenvalue weighted by Gasteiger charge is -2.37. The van der Waals surface area contributed by atoms with Crippen LogP contribution >= 0.6 is 23.4 Å². The Hall–Kier alpha value is -5.74. The lowest BCUT2D eigenvalue weighted by Crippen LogP contribution is -2.46. The molecule has 3 fully saturated rings. The number of alkyl halides is 3. The maximum absolute atomic E-state index is 14.5. The number of hydrogen-bond donors (Lipinski definition) is 4. The van der Waals surface area contributed by atoms with Crippen molar-refractivity contribution in [3.8, 4) is 22.4 Å². The maximum atomic E-state index is 14.5. The zero-order valence-corrected chi connectivity index (χ0v) is 47.8. The SMILES string of the molecule is Cc1c(C(=O)N2CCC(C)(O)CC2)c(-c2cccc(N3CCN(c4ccc(NS(=O)(=O)c5ccc(N[C@H](CCN6CCC(C)(O)CC6)CSc6ccccc6)c(S(=O)(=O)C(F)(F)F)c5)cc4)CC3)c2)c(-c2ccc(Cl)cc2)n1C. The number of rotatable bonds is 17. The third kappa shape index (κ3) is 13.4. The van der Waals surface area contributed by atoms with E-state index in [1.807, 2.05) is 98.6 Å². The summed E-state index contributed by atoms with van der Waals surface area (Å²) in [6.07, 6.45) is 2.52. The van der Waals surface area contributed by atoms with Gasteiger partial charge in [-0.1, -0.05) is 54.1 Å². The van der Waals surface area contributed by atoms with Crippen molar-refractivity contribution >= 4 is 71.9 Å². The Labute approximate surface area is 470 Å². The number of piperidine rings is 2. The smallest absolute Gasteiger partial charge is 0.390 e. The fourth-order valence-electron chi connectivity index (χ4n) is 10.5. The van der Waals surface area contributed by atoms with E-state index in [0.29, 0.717) is 113 Å². The molecule has 4 N–H and O–H groups in total. The number of piperazine rings is 1. The van der Waals surface area contributed by atoms with Crippen molar-refractivity contribution in [2.75, 3.05) is 84.5 Å². The first-order valence-electron chi connectivity index (χ1n) is 26.4. The van der Waals surface area contributed by atoms with E-state index in [2.05, 4.69) is 35.4 Å². The molecule has 1 amide bonds. The molecule has 0 bridgehead atoms. The van der Waals surface area contributed by atoms with E-state index >= 15 is 0 Å². The molecule has 6 aromatic rings. The summed E-state index contributed by atoms with van der Waals surface area (Å²) >= 11 is 7.78. The molecule has 0 radical (unpaired) electrons. The van der Waals surface area contributed by atoms with Crippen molar-refractivity contribution in [3.63, 3.8) is 0 Å². The largest absolute Gasteiger partial charge is 0.501 e. The molecular weight excluding hydrogens is 1100 g/mol. The minimum absolute atomic E-state index is 0.0833. The molecular formula is C58H67ClF3N7O7S3. The van der Waals surface area contributed by atoms with Gasteiger partial charge in [0.1, 0.15) is 4.90 Å². The highest BCUT2D eigenvalue weighted by atomic mass is 35.5. The molecule has 79 heavy (non-hydrogen) atoms. The Kier molecular flexibility index (Phi) is 17.1. The standard InChI is InChI=1S/C58H67ClF3N7O7S3/c1-40-52(55(70)69-31-26-57(3,72)27-32-69)53(54(65(40)4)41-13-15-43(59)16-14-41)42-9-8-10-47(37-42)68-35-33-67(34-36-68)46-19-17-44(18-20-46)64-79(75,76)49-21-22-50(51(38-49)78(73,74)58(60,61)62)63-45(39-77-48-11-6-5-7-12-48)23-28-66-29-24-56(2,71)25-30-66/h5-22,37-38,45,63-64,71-72H,23-36,39H2,1-4H3/t45-/m1/s1. The van der Waals surface area contributed by atoms with Crippen LogP contribution in [0.3, 0.4) is 0 Å². The summed E-state index contributed by atoms with van der Waals surface area (Å²) < 4.78 is 102. The lowest BCUT2D eigenvalue weighted by molar-refractivity contribution is -0.0436. The van der Waals surface area contributed by atoms with Crippen LogP contribution in [-0.2, 0) is 26.9 Å². The third-order valence-corrected chi connectivity index (χ3v) is 19.9. The molecule has 0 unspecified atom stereocenters. The van der Waals surface area contributed by atoms with Crippen LogP contribution in [-0.4, -0.2) is 135 Å². The van der Waals surface area contributed by atoms with Crippen LogP contribution in [0.5, 0.6) is 0 Å². The average Bonchev–Trinajstić information content (AvgIpc) is 4.01. The topological polar surface area (TPSA) is 168 Å². The summed E-state index contributed by atoms with van der Waals surface area (Å²) in [5.41, 5.74) is -0.860. The molecule has 0 spiro atoms. The van der Waals surface area contributed by atoms with Gasteiger partial charge in [0.2, 0.25) is 0 Å². The van der Waals surface area contributed by atoms with Crippen molar-refractivity contribution in [3.05, 3.63) is 138 Å². The van der Waals surface area contributed by atoms with Crippen LogP contribution in [0.15, 0.2) is 136 Å². The normalized spacial score (nSPS) is 17.6. The van der Waals surface area contributed by atoms with Gasteiger partial charge in [-0.15, -0.1) is 11.8 Å². The van der Waals surface area contributed by atoms with Gasteiger partial charge in [-0.2, -0.15) is 13.2 Å². The second kappa shape index (κ2) is 23.4. The number of amides is 1. The lowest BCUT2D eigenvalue weighted by atomic mass is 9.92. The maximum Gasteiger partial charge on any atom is 0.501 e. The average molecular weight is 1160 g/mol. The molecule has 14 nitrogen and oxygen atoms in total. The van der Waals surface area contributed by atoms with Gasteiger partial charge in [0, 0.05) is 116 Å². The van der Waals surface area contributed by atoms with Crippen LogP contribution < -0.4 is 19.8 Å². The number of nitrogens with one attached hydrogen (secondary N) is 2. The first-order valence-corrected chi connectivity index (χ1v) is 30.8. The molecule has 1 aromatic heterocycles. The molecule has 3 aliphatic heterocycles. The van der Waals surface area contributed by atoms with Crippen LogP contribution in [0, 0.1) is 6.92 Å². The Morgan fingerprint density at radius 2 is 1.34 bits per heavy atom. The van der Waals surface area contributed by atoms with Crippen molar-refractivity contribution in [1.29, 1.82) is 0 Å². The number of likely N-dealkylation sites (tertiary alicyclic amines) is 2. The van der Waals surface area contributed by atoms with Gasteiger partial charge >= 0.3 is 5.51 Å². The quantitative estimate of drug-likeness (QED) is 0.0639. The third-order valence-electron chi connectivity index (χ3n) is 15.5. The molecule has 5 aromatic carbocycles. The second-order valence-electron chi connectivity index (χ2n) is 21.4. The van der Waals surface area contributed by atoms with Crippen molar-refractivity contribution in [2.24, 2.45) is 7.05 Å². The van der Waals surface area contributed by atoms with Crippen molar-refractivity contribution in [2.45, 2.75) is 90.3 Å². The summed E-state index contributed by atoms with van der Waals surface area (Å²) in [4.78, 5) is 22.0. The first kappa shape index (κ1) is 57.9. The number of benzene rings is 5. The van der Waals surface area contributed by atoms with Crippen molar-refractivity contribution < 1.29 is 45.0 Å². The van der Waals surface area contributed by atoms with Gasteiger partial charge in [-0.05, 0) is 143 Å². The Bertz CT molecular complexity index is 3350. The number of thioether (sulfide) groups is 1. The predicted octanol–water partition coefficient (Wildman–Crippen LogP) is 10.5. The van der Waals surface area contributed by atoms with E-state index in [1.54, 1.807) is 31.2 Å². The molecule has 0 aliphatic carbocycles. The summed E-state index contributed by atoms with van der Waals surface area (Å²) in [7, 11) is -8.68. The number of aromatic nitrogens is 1. The van der Waals surface area contributed by atoms with Gasteiger partial charge in [0.15, 0.2) is 0 Å². The predicted molar refractivity (Wildman–Crippen MR) is 309 cm³/mol.